The molecule has 0 amide bonds. The smallest absolute Gasteiger partial charge is 0.177 e. The number of hydrogen-bond donors (Lipinski definition) is 1. The second-order valence-electron chi connectivity index (χ2n) is 13.5. The van der Waals surface area contributed by atoms with Gasteiger partial charge in [0.1, 0.15) is 11.7 Å². The average Bonchev–Trinajstić information content (AvgIpc) is 3.23. The zero-order valence-electron chi connectivity index (χ0n) is 28.9. The highest BCUT2D eigenvalue weighted by atomic mass is 15.2. The first kappa shape index (κ1) is 31.6. The van der Waals surface area contributed by atoms with Gasteiger partial charge in [0.25, 0.3) is 0 Å². The van der Waals surface area contributed by atoms with Gasteiger partial charge in [-0.3, -0.25) is 0 Å². The summed E-state index contributed by atoms with van der Waals surface area (Å²) in [5.74, 6) is 1.30. The second-order valence-corrected chi connectivity index (χ2v) is 13.5. The van der Waals surface area contributed by atoms with Crippen LogP contribution in [0.15, 0.2) is 174 Å². The Morgan fingerprint density at radius 1 is 0.415 bits per heavy atom. The van der Waals surface area contributed by atoms with Gasteiger partial charge < -0.3 is 5.32 Å². The Morgan fingerprint density at radius 3 is 1.34 bits per heavy atom. The topological polar surface area (TPSA) is 84.3 Å². The third kappa shape index (κ3) is 5.68. The third-order valence-corrected chi connectivity index (χ3v) is 10.2. The second kappa shape index (κ2) is 12.8. The largest absolute Gasteiger partial charge is 0.324 e. The van der Waals surface area contributed by atoms with Crippen molar-refractivity contribution in [2.24, 2.45) is 9.98 Å². The number of fused-ring (bicyclic) bond motifs is 6. The summed E-state index contributed by atoms with van der Waals surface area (Å²) in [4.78, 5) is 10.4. The number of nitriles is 2. The molecule has 0 saturated heterocycles. The van der Waals surface area contributed by atoms with E-state index in [1.807, 2.05) is 31.2 Å². The summed E-state index contributed by atoms with van der Waals surface area (Å²) >= 11 is 0. The first-order valence-corrected chi connectivity index (χ1v) is 17.5. The molecule has 8 aromatic carbocycles. The molecule has 248 valence electrons. The van der Waals surface area contributed by atoms with Gasteiger partial charge in [0.15, 0.2) is 5.66 Å². The van der Waals surface area contributed by atoms with E-state index in [1.165, 1.54) is 32.3 Å². The average molecular weight is 678 g/mol. The molecule has 0 fully saturated rings. The van der Waals surface area contributed by atoms with Crippen molar-refractivity contribution >= 4 is 44.0 Å². The summed E-state index contributed by atoms with van der Waals surface area (Å²) in [7, 11) is 0. The van der Waals surface area contributed by atoms with Crippen molar-refractivity contribution in [3.05, 3.63) is 192 Å². The first-order chi connectivity index (χ1) is 26.0. The van der Waals surface area contributed by atoms with E-state index in [0.717, 1.165) is 38.9 Å². The Hall–Kier alpha value is -7.34. The molecule has 53 heavy (non-hydrogen) atoms. The Balaban J connectivity index is 1.13. The van der Waals surface area contributed by atoms with Crippen LogP contribution >= 0.6 is 0 Å². The van der Waals surface area contributed by atoms with Gasteiger partial charge in [-0.15, -0.1) is 0 Å². The number of nitrogens with one attached hydrogen (secondary N) is 1. The number of amidine groups is 2. The number of rotatable bonds is 5. The summed E-state index contributed by atoms with van der Waals surface area (Å²) in [5, 5.41) is 29.7. The lowest BCUT2D eigenvalue weighted by molar-refractivity contribution is 0.518. The van der Waals surface area contributed by atoms with Crippen molar-refractivity contribution in [3.63, 3.8) is 0 Å². The van der Waals surface area contributed by atoms with Crippen molar-refractivity contribution in [1.82, 2.24) is 5.32 Å². The van der Waals surface area contributed by atoms with Gasteiger partial charge in [-0.1, -0.05) is 97.1 Å². The summed E-state index contributed by atoms with van der Waals surface area (Å²) < 4.78 is 0. The molecule has 0 spiro atoms. The minimum atomic E-state index is -0.965. The SMILES string of the molecule is CC1(c2cccc(-c3cccc(-c4ccc5c6ccccc6c6ccccc6c5c4)c3)c2)N=C(c2ccc(C#N)cc2)NC(c2ccc(C#N)cc2)=N1. The fraction of sp³-hybridized carbons (Fsp3) is 0.0417. The van der Waals surface area contributed by atoms with E-state index in [-0.39, 0.29) is 0 Å². The monoisotopic (exact) mass is 677 g/mol. The minimum Gasteiger partial charge on any atom is -0.324 e. The van der Waals surface area contributed by atoms with Crippen LogP contribution in [0.3, 0.4) is 0 Å². The Morgan fingerprint density at radius 2 is 0.830 bits per heavy atom. The molecular weight excluding hydrogens is 647 g/mol. The predicted octanol–water partition coefficient (Wildman–Crippen LogP) is 10.9. The lowest BCUT2D eigenvalue weighted by atomic mass is 9.91. The number of benzene rings is 8. The van der Waals surface area contributed by atoms with Gasteiger partial charge in [-0.25, -0.2) is 9.98 Å². The van der Waals surface area contributed by atoms with Crippen LogP contribution < -0.4 is 5.32 Å². The molecule has 0 atom stereocenters. The molecule has 8 aromatic rings. The maximum atomic E-state index is 9.38. The van der Waals surface area contributed by atoms with Crippen LogP contribution in [0, 0.1) is 22.7 Å². The van der Waals surface area contributed by atoms with Gasteiger partial charge >= 0.3 is 0 Å². The molecule has 0 radical (unpaired) electrons. The highest BCUT2D eigenvalue weighted by molar-refractivity contribution is 6.25. The zero-order valence-corrected chi connectivity index (χ0v) is 28.9. The highest BCUT2D eigenvalue weighted by Gasteiger charge is 2.32. The number of hydrogen-bond acceptors (Lipinski definition) is 5. The van der Waals surface area contributed by atoms with Gasteiger partial charge in [-0.05, 0) is 128 Å². The molecule has 0 aliphatic carbocycles. The maximum absolute atomic E-state index is 9.38. The van der Waals surface area contributed by atoms with Gasteiger partial charge in [0, 0.05) is 16.7 Å². The van der Waals surface area contributed by atoms with E-state index in [1.54, 1.807) is 24.3 Å². The Kier molecular flexibility index (Phi) is 7.62. The maximum Gasteiger partial charge on any atom is 0.177 e. The predicted molar refractivity (Wildman–Crippen MR) is 216 cm³/mol. The lowest BCUT2D eigenvalue weighted by Crippen LogP contribution is -2.40. The summed E-state index contributed by atoms with van der Waals surface area (Å²) in [6, 6.07) is 60.4. The van der Waals surface area contributed by atoms with Crippen LogP contribution in [-0.4, -0.2) is 11.7 Å². The van der Waals surface area contributed by atoms with Crippen molar-refractivity contribution < 1.29 is 0 Å². The Bertz CT molecular complexity index is 2780. The van der Waals surface area contributed by atoms with E-state index in [0.29, 0.717) is 22.8 Å². The molecule has 1 aliphatic rings. The van der Waals surface area contributed by atoms with Gasteiger partial charge in [-0.2, -0.15) is 10.5 Å². The van der Waals surface area contributed by atoms with Gasteiger partial charge in [0.2, 0.25) is 0 Å². The van der Waals surface area contributed by atoms with Crippen molar-refractivity contribution in [1.29, 1.82) is 10.5 Å². The molecule has 9 rings (SSSR count). The number of aliphatic imine (C=N–C) groups is 2. The standard InChI is InChI=1S/C48H31N5/c1-48(52-46(33-20-16-31(29-49)17-21-33)51-47(53-48)34-22-18-32(30-50)19-23-34)39-11-7-10-37(27-39)35-8-6-9-36(26-35)38-24-25-44-42-14-3-2-12-40(42)41-13-4-5-15-43(41)45(44)28-38/h2-28H,1H3,(H,51,52,53). The van der Waals surface area contributed by atoms with Gasteiger partial charge in [0.05, 0.1) is 23.3 Å². The van der Waals surface area contributed by atoms with E-state index in [4.69, 9.17) is 9.98 Å². The fourth-order valence-corrected chi connectivity index (χ4v) is 7.40. The van der Waals surface area contributed by atoms with Crippen molar-refractivity contribution in [3.8, 4) is 34.4 Å². The molecule has 5 nitrogen and oxygen atoms in total. The Labute approximate surface area is 307 Å². The quantitative estimate of drug-likeness (QED) is 0.184. The molecule has 0 aromatic heterocycles. The van der Waals surface area contributed by atoms with E-state index < -0.39 is 5.66 Å². The zero-order chi connectivity index (χ0) is 35.9. The van der Waals surface area contributed by atoms with E-state index >= 15 is 0 Å². The lowest BCUT2D eigenvalue weighted by Gasteiger charge is -2.30. The third-order valence-electron chi connectivity index (χ3n) is 10.2. The van der Waals surface area contributed by atoms with Crippen LogP contribution in [0.4, 0.5) is 0 Å². The van der Waals surface area contributed by atoms with Crippen LogP contribution in [0.25, 0.3) is 54.6 Å². The van der Waals surface area contributed by atoms with Crippen LogP contribution in [-0.2, 0) is 5.66 Å². The summed E-state index contributed by atoms with van der Waals surface area (Å²) in [5.41, 5.74) is 7.27. The molecule has 5 heteroatoms. The van der Waals surface area contributed by atoms with E-state index in [9.17, 15) is 10.5 Å². The molecule has 1 heterocycles. The van der Waals surface area contributed by atoms with Crippen LogP contribution in [0.1, 0.15) is 34.7 Å². The van der Waals surface area contributed by atoms with E-state index in [2.05, 4.69) is 133 Å². The number of nitrogens with zero attached hydrogens (tertiary/aromatic N) is 4. The molecule has 1 aliphatic heterocycles. The summed E-state index contributed by atoms with van der Waals surface area (Å²) in [6.45, 7) is 2.01. The normalized spacial score (nSPS) is 13.5. The van der Waals surface area contributed by atoms with Crippen molar-refractivity contribution in [2.75, 3.05) is 0 Å². The molecular formula is C48H31N5. The van der Waals surface area contributed by atoms with Crippen LogP contribution in [0.5, 0.6) is 0 Å². The first-order valence-electron chi connectivity index (χ1n) is 17.5. The minimum absolute atomic E-state index is 0.578. The highest BCUT2D eigenvalue weighted by Crippen LogP contribution is 2.38. The molecule has 0 saturated carbocycles. The molecule has 1 N–H and O–H groups in total. The summed E-state index contributed by atoms with van der Waals surface area (Å²) in [6.07, 6.45) is 0. The van der Waals surface area contributed by atoms with Crippen molar-refractivity contribution in [2.45, 2.75) is 12.6 Å². The van der Waals surface area contributed by atoms with Crippen LogP contribution in [0.2, 0.25) is 0 Å². The fourth-order valence-electron chi connectivity index (χ4n) is 7.40. The molecule has 0 bridgehead atoms. The molecule has 0 unspecified atom stereocenters.